The van der Waals surface area contributed by atoms with E-state index in [-0.39, 0.29) is 0 Å². The van der Waals surface area contributed by atoms with E-state index < -0.39 is 0 Å². The van der Waals surface area contributed by atoms with E-state index in [4.69, 9.17) is 0 Å². The van der Waals surface area contributed by atoms with Crippen molar-refractivity contribution in [1.82, 2.24) is 0 Å². The standard InChI is InChI=1S/C30H50/c1-20(2)21-10-13-25-28(21,6)18-19-29(7)23-11-12-24-26(3,4)15-9-16-27(24,5)22(23)14-17-30(25,29)8/h20-21,24-25H,9-19H2,1-8H3. The second-order valence-electron chi connectivity index (χ2n) is 14.5. The zero-order valence-electron chi connectivity index (χ0n) is 21.6. The van der Waals surface area contributed by atoms with Gasteiger partial charge in [0.15, 0.2) is 0 Å². The maximum atomic E-state index is 2.76. The number of hydrogen-bond acceptors (Lipinski definition) is 0. The molecule has 0 bridgehead atoms. The van der Waals surface area contributed by atoms with Crippen molar-refractivity contribution < 1.29 is 0 Å². The summed E-state index contributed by atoms with van der Waals surface area (Å²) in [6.07, 6.45) is 16.1. The summed E-state index contributed by atoms with van der Waals surface area (Å²) >= 11 is 0. The molecule has 0 aromatic rings. The molecular weight excluding hydrogens is 360 g/mol. The van der Waals surface area contributed by atoms with E-state index in [0.29, 0.717) is 27.1 Å². The maximum Gasteiger partial charge on any atom is -0.00566 e. The van der Waals surface area contributed by atoms with Gasteiger partial charge in [-0.05, 0) is 115 Å². The second-order valence-corrected chi connectivity index (χ2v) is 14.5. The van der Waals surface area contributed by atoms with Gasteiger partial charge in [0.2, 0.25) is 0 Å². The van der Waals surface area contributed by atoms with Crippen LogP contribution in [0.2, 0.25) is 0 Å². The quantitative estimate of drug-likeness (QED) is 0.378. The predicted octanol–water partition coefficient (Wildman–Crippen LogP) is 9.20. The Balaban J connectivity index is 1.58. The first-order valence-electron chi connectivity index (χ1n) is 13.6. The molecule has 0 spiro atoms. The SMILES string of the molecule is CC(C)C1CCC2C1(C)CCC1(C)C3=C(CCC21C)C1(C)CCCC(C)(C)C1CC3. The largest absolute Gasteiger partial charge is 0.0642 e. The lowest BCUT2D eigenvalue weighted by molar-refractivity contribution is -0.116. The third-order valence-corrected chi connectivity index (χ3v) is 12.9. The Morgan fingerprint density at radius 2 is 1.43 bits per heavy atom. The second kappa shape index (κ2) is 6.41. The first-order chi connectivity index (χ1) is 13.9. The Labute approximate surface area is 188 Å². The van der Waals surface area contributed by atoms with Crippen LogP contribution in [0.5, 0.6) is 0 Å². The lowest BCUT2D eigenvalue weighted by atomic mass is 9.37. The van der Waals surface area contributed by atoms with Crippen LogP contribution in [0.3, 0.4) is 0 Å². The highest BCUT2D eigenvalue weighted by Gasteiger charge is 2.66. The van der Waals surface area contributed by atoms with E-state index >= 15 is 0 Å². The summed E-state index contributed by atoms with van der Waals surface area (Å²) in [4.78, 5) is 0. The summed E-state index contributed by atoms with van der Waals surface area (Å²) in [6.45, 7) is 21.1. The minimum atomic E-state index is 0.464. The Morgan fingerprint density at radius 1 is 0.700 bits per heavy atom. The van der Waals surface area contributed by atoms with E-state index in [1.54, 1.807) is 0 Å². The number of fused-ring (bicyclic) bond motifs is 6. The van der Waals surface area contributed by atoms with Gasteiger partial charge in [-0.25, -0.2) is 0 Å². The molecule has 0 saturated heterocycles. The van der Waals surface area contributed by atoms with Gasteiger partial charge >= 0.3 is 0 Å². The molecule has 0 radical (unpaired) electrons. The monoisotopic (exact) mass is 410 g/mol. The molecule has 0 nitrogen and oxygen atoms in total. The molecule has 0 amide bonds. The van der Waals surface area contributed by atoms with Gasteiger partial charge in [-0.1, -0.05) is 73.0 Å². The smallest absolute Gasteiger partial charge is 0.00566 e. The molecule has 3 fully saturated rings. The summed E-state index contributed by atoms with van der Waals surface area (Å²) in [5.74, 6) is 3.66. The first kappa shape index (κ1) is 21.6. The average molecular weight is 411 g/mol. The fourth-order valence-corrected chi connectivity index (χ4v) is 11.3. The van der Waals surface area contributed by atoms with Crippen LogP contribution < -0.4 is 0 Å². The Kier molecular flexibility index (Phi) is 4.61. The molecule has 3 saturated carbocycles. The third kappa shape index (κ3) is 2.46. The lowest BCUT2D eigenvalue weighted by Gasteiger charge is -2.67. The highest BCUT2D eigenvalue weighted by molar-refractivity contribution is 5.38. The van der Waals surface area contributed by atoms with E-state index in [9.17, 15) is 0 Å². The average Bonchev–Trinajstić information content (AvgIpc) is 3.01. The molecule has 5 aliphatic rings. The molecule has 30 heavy (non-hydrogen) atoms. The molecule has 0 aromatic carbocycles. The first-order valence-corrected chi connectivity index (χ1v) is 13.6. The highest BCUT2D eigenvalue weighted by Crippen LogP contribution is 2.75. The molecule has 0 heteroatoms. The van der Waals surface area contributed by atoms with Crippen molar-refractivity contribution in [2.24, 2.45) is 50.7 Å². The lowest BCUT2D eigenvalue weighted by Crippen LogP contribution is -2.58. The fraction of sp³-hybridized carbons (Fsp3) is 0.933. The Bertz CT molecular complexity index is 754. The van der Waals surface area contributed by atoms with Crippen molar-refractivity contribution in [3.63, 3.8) is 0 Å². The van der Waals surface area contributed by atoms with Crippen molar-refractivity contribution in [1.29, 1.82) is 0 Å². The van der Waals surface area contributed by atoms with Crippen molar-refractivity contribution >= 4 is 0 Å². The Morgan fingerprint density at radius 3 is 2.13 bits per heavy atom. The molecule has 5 rings (SSSR count). The van der Waals surface area contributed by atoms with Gasteiger partial charge < -0.3 is 0 Å². The van der Waals surface area contributed by atoms with Crippen molar-refractivity contribution in [3.8, 4) is 0 Å². The molecule has 0 heterocycles. The van der Waals surface area contributed by atoms with Crippen molar-refractivity contribution in [2.45, 2.75) is 126 Å². The summed E-state index contributed by atoms with van der Waals surface area (Å²) in [6, 6.07) is 0. The molecule has 0 aliphatic heterocycles. The zero-order chi connectivity index (χ0) is 21.7. The van der Waals surface area contributed by atoms with Gasteiger partial charge in [-0.15, -0.1) is 0 Å². The van der Waals surface area contributed by atoms with E-state index in [1.807, 2.05) is 11.1 Å². The van der Waals surface area contributed by atoms with Gasteiger partial charge in [-0.3, -0.25) is 0 Å². The minimum absolute atomic E-state index is 0.464. The summed E-state index contributed by atoms with van der Waals surface area (Å²) < 4.78 is 0. The number of rotatable bonds is 1. The third-order valence-electron chi connectivity index (χ3n) is 12.9. The van der Waals surface area contributed by atoms with Crippen LogP contribution in [0.15, 0.2) is 11.1 Å². The van der Waals surface area contributed by atoms with Crippen LogP contribution in [0, 0.1) is 50.7 Å². The summed E-state index contributed by atoms with van der Waals surface area (Å²) in [7, 11) is 0. The topological polar surface area (TPSA) is 0 Å². The number of hydrogen-bond donors (Lipinski definition) is 0. The van der Waals surface area contributed by atoms with E-state index in [2.05, 4.69) is 55.4 Å². The highest BCUT2D eigenvalue weighted by atomic mass is 14.7. The van der Waals surface area contributed by atoms with Gasteiger partial charge in [-0.2, -0.15) is 0 Å². The molecule has 5 aliphatic carbocycles. The van der Waals surface area contributed by atoms with Gasteiger partial charge in [0, 0.05) is 0 Å². The minimum Gasteiger partial charge on any atom is -0.0642 e. The normalized spacial score (nSPS) is 52.5. The Hall–Kier alpha value is -0.260. The van der Waals surface area contributed by atoms with Crippen LogP contribution in [0.25, 0.3) is 0 Å². The predicted molar refractivity (Wildman–Crippen MR) is 129 cm³/mol. The van der Waals surface area contributed by atoms with Gasteiger partial charge in [0.25, 0.3) is 0 Å². The molecule has 0 aromatic heterocycles. The number of allylic oxidation sites excluding steroid dienone is 2. The van der Waals surface area contributed by atoms with E-state index in [1.165, 1.54) is 70.6 Å². The molecular formula is C30H50. The maximum absolute atomic E-state index is 2.76. The summed E-state index contributed by atoms with van der Waals surface area (Å²) in [5, 5.41) is 0. The fourth-order valence-electron chi connectivity index (χ4n) is 11.3. The zero-order valence-corrected chi connectivity index (χ0v) is 21.6. The van der Waals surface area contributed by atoms with Crippen LogP contribution in [0.1, 0.15) is 126 Å². The van der Waals surface area contributed by atoms with E-state index in [0.717, 1.165) is 23.7 Å². The van der Waals surface area contributed by atoms with Crippen LogP contribution in [-0.4, -0.2) is 0 Å². The molecule has 7 unspecified atom stereocenters. The van der Waals surface area contributed by atoms with Crippen molar-refractivity contribution in [2.75, 3.05) is 0 Å². The molecule has 0 N–H and O–H groups in total. The van der Waals surface area contributed by atoms with Crippen LogP contribution >= 0.6 is 0 Å². The van der Waals surface area contributed by atoms with Gasteiger partial charge in [0.1, 0.15) is 0 Å². The van der Waals surface area contributed by atoms with Gasteiger partial charge in [0.05, 0.1) is 0 Å². The van der Waals surface area contributed by atoms with Crippen LogP contribution in [-0.2, 0) is 0 Å². The van der Waals surface area contributed by atoms with Crippen LogP contribution in [0.4, 0.5) is 0 Å². The van der Waals surface area contributed by atoms with Crippen molar-refractivity contribution in [3.05, 3.63) is 11.1 Å². The molecule has 7 atom stereocenters. The molecule has 170 valence electrons. The summed E-state index contributed by atoms with van der Waals surface area (Å²) in [5.41, 5.74) is 6.58.